The fourth-order valence-electron chi connectivity index (χ4n) is 3.25. The molecular formula is C19H20N2O2. The molecule has 4 heteroatoms. The molecule has 1 atom stereocenters. The fourth-order valence-corrected chi connectivity index (χ4v) is 3.25. The maximum Gasteiger partial charge on any atom is 0.218 e. The Hall–Kier alpha value is -2.75. The lowest BCUT2D eigenvalue weighted by Crippen LogP contribution is -2.31. The second-order valence-electron chi connectivity index (χ2n) is 5.93. The molecule has 118 valence electrons. The van der Waals surface area contributed by atoms with E-state index >= 15 is 0 Å². The summed E-state index contributed by atoms with van der Waals surface area (Å²) in [6, 6.07) is 16.0. The van der Waals surface area contributed by atoms with Gasteiger partial charge in [-0.1, -0.05) is 49.4 Å². The van der Waals surface area contributed by atoms with Gasteiger partial charge in [0.15, 0.2) is 0 Å². The molecule has 0 saturated heterocycles. The van der Waals surface area contributed by atoms with Crippen molar-refractivity contribution in [1.29, 1.82) is 0 Å². The Balaban J connectivity index is 2.27. The average Bonchev–Trinajstić information content (AvgIpc) is 3.02. The third-order valence-electron chi connectivity index (χ3n) is 4.42. The smallest absolute Gasteiger partial charge is 0.218 e. The van der Waals surface area contributed by atoms with Gasteiger partial charge in [0.05, 0.1) is 12.6 Å². The highest BCUT2D eigenvalue weighted by molar-refractivity contribution is 5.88. The number of carbonyl (C=O) groups excluding carboxylic acids is 1. The molecule has 3 rings (SSSR count). The van der Waals surface area contributed by atoms with E-state index in [1.807, 2.05) is 61.7 Å². The maximum atomic E-state index is 11.7. The molecular weight excluding hydrogens is 288 g/mol. The predicted molar refractivity (Wildman–Crippen MR) is 91.6 cm³/mol. The first-order valence-electron chi connectivity index (χ1n) is 7.54. The van der Waals surface area contributed by atoms with E-state index in [1.54, 1.807) is 7.11 Å². The lowest BCUT2D eigenvalue weighted by Gasteiger charge is -2.31. The van der Waals surface area contributed by atoms with Gasteiger partial charge in [0.2, 0.25) is 5.91 Å². The number of aromatic nitrogens is 1. The summed E-state index contributed by atoms with van der Waals surface area (Å²) in [7, 11) is 1.65. The van der Waals surface area contributed by atoms with Crippen LogP contribution in [0.15, 0.2) is 54.7 Å². The van der Waals surface area contributed by atoms with Crippen LogP contribution < -0.4 is 10.5 Å². The minimum Gasteiger partial charge on any atom is -0.494 e. The third kappa shape index (κ3) is 2.57. The number of hydrogen-bond donors (Lipinski definition) is 2. The first-order valence-corrected chi connectivity index (χ1v) is 7.54. The Kier molecular flexibility index (Phi) is 3.82. The quantitative estimate of drug-likeness (QED) is 0.759. The Morgan fingerprint density at radius 3 is 2.57 bits per heavy atom. The molecule has 3 aromatic rings. The highest BCUT2D eigenvalue weighted by Gasteiger charge is 2.34. The van der Waals surface area contributed by atoms with Gasteiger partial charge in [-0.2, -0.15) is 0 Å². The number of fused-ring (bicyclic) bond motifs is 1. The number of methoxy groups -OCH3 is 1. The topological polar surface area (TPSA) is 68.1 Å². The van der Waals surface area contributed by atoms with E-state index in [4.69, 9.17) is 10.5 Å². The molecule has 0 bridgehead atoms. The summed E-state index contributed by atoms with van der Waals surface area (Å²) < 4.78 is 5.68. The highest BCUT2D eigenvalue weighted by Crippen LogP contribution is 2.42. The number of H-pyrrole nitrogens is 1. The van der Waals surface area contributed by atoms with Gasteiger partial charge in [0.25, 0.3) is 0 Å². The molecule has 0 aliphatic rings. The Labute approximate surface area is 135 Å². The highest BCUT2D eigenvalue weighted by atomic mass is 16.5. The van der Waals surface area contributed by atoms with Crippen molar-refractivity contribution < 1.29 is 9.53 Å². The molecule has 0 fully saturated rings. The number of rotatable bonds is 5. The van der Waals surface area contributed by atoms with Crippen LogP contribution in [0.5, 0.6) is 5.75 Å². The number of hydrogen-bond acceptors (Lipinski definition) is 2. The normalized spacial score (nSPS) is 13.7. The van der Waals surface area contributed by atoms with Gasteiger partial charge in [0, 0.05) is 29.0 Å². The molecule has 0 aliphatic carbocycles. The number of amides is 1. The van der Waals surface area contributed by atoms with Gasteiger partial charge in [-0.25, -0.2) is 0 Å². The van der Waals surface area contributed by atoms with Crippen molar-refractivity contribution in [1.82, 2.24) is 4.98 Å². The molecule has 0 spiro atoms. The first-order chi connectivity index (χ1) is 11.1. The Bertz CT molecular complexity index is 839. The zero-order valence-corrected chi connectivity index (χ0v) is 13.3. The van der Waals surface area contributed by atoms with Crippen molar-refractivity contribution in [3.05, 3.63) is 65.9 Å². The van der Waals surface area contributed by atoms with E-state index in [-0.39, 0.29) is 12.3 Å². The predicted octanol–water partition coefficient (Wildman–Crippen LogP) is 3.36. The van der Waals surface area contributed by atoms with Crippen LogP contribution in [0.1, 0.15) is 24.5 Å². The SMILES string of the molecule is COc1c(C(C)(CC(N)=O)c2ccccc2)ccc2cc[nH]c12. The summed E-state index contributed by atoms with van der Waals surface area (Å²) in [6.07, 6.45) is 2.09. The maximum absolute atomic E-state index is 11.7. The van der Waals surface area contributed by atoms with Crippen LogP contribution in [0, 0.1) is 0 Å². The van der Waals surface area contributed by atoms with Crippen molar-refractivity contribution in [2.75, 3.05) is 7.11 Å². The van der Waals surface area contributed by atoms with E-state index in [1.165, 1.54) is 0 Å². The number of ether oxygens (including phenoxy) is 1. The standard InChI is InChI=1S/C19H20N2O2/c1-19(12-16(20)22,14-6-4-3-5-7-14)15-9-8-13-10-11-21-17(13)18(15)23-2/h3-11,21H,12H2,1-2H3,(H2,20,22). The van der Waals surface area contributed by atoms with Crippen LogP contribution in [0.4, 0.5) is 0 Å². The summed E-state index contributed by atoms with van der Waals surface area (Å²) in [6.45, 7) is 2.03. The third-order valence-corrected chi connectivity index (χ3v) is 4.42. The van der Waals surface area contributed by atoms with Crippen LogP contribution in [-0.2, 0) is 10.2 Å². The molecule has 0 saturated carbocycles. The number of carbonyl (C=O) groups is 1. The van der Waals surface area contributed by atoms with Gasteiger partial charge in [-0.05, 0) is 11.6 Å². The number of nitrogens with one attached hydrogen (secondary N) is 1. The van der Waals surface area contributed by atoms with Crippen LogP contribution in [0.2, 0.25) is 0 Å². The number of primary amides is 1. The van der Waals surface area contributed by atoms with E-state index in [2.05, 4.69) is 4.98 Å². The molecule has 1 aromatic heterocycles. The lowest BCUT2D eigenvalue weighted by molar-refractivity contribution is -0.118. The van der Waals surface area contributed by atoms with Gasteiger partial charge >= 0.3 is 0 Å². The van der Waals surface area contributed by atoms with Gasteiger partial charge < -0.3 is 15.5 Å². The molecule has 4 nitrogen and oxygen atoms in total. The molecule has 0 radical (unpaired) electrons. The van der Waals surface area contributed by atoms with Crippen LogP contribution in [-0.4, -0.2) is 18.0 Å². The molecule has 1 heterocycles. The second kappa shape index (κ2) is 5.80. The summed E-state index contributed by atoms with van der Waals surface area (Å²) in [5, 5.41) is 1.07. The summed E-state index contributed by atoms with van der Waals surface area (Å²) in [5.74, 6) is 0.407. The number of nitrogens with two attached hydrogens (primary N) is 1. The molecule has 2 aromatic carbocycles. The molecule has 1 unspecified atom stereocenters. The summed E-state index contributed by atoms with van der Waals surface area (Å²) >= 11 is 0. The Morgan fingerprint density at radius 2 is 1.91 bits per heavy atom. The zero-order chi connectivity index (χ0) is 16.4. The Morgan fingerprint density at radius 1 is 1.17 bits per heavy atom. The molecule has 0 aliphatic heterocycles. The van der Waals surface area contributed by atoms with E-state index < -0.39 is 5.41 Å². The second-order valence-corrected chi connectivity index (χ2v) is 5.93. The van der Waals surface area contributed by atoms with E-state index in [0.717, 1.165) is 27.8 Å². The lowest BCUT2D eigenvalue weighted by atomic mass is 9.73. The number of aromatic amines is 1. The van der Waals surface area contributed by atoms with Crippen molar-refractivity contribution in [2.24, 2.45) is 5.73 Å². The van der Waals surface area contributed by atoms with Crippen molar-refractivity contribution in [3.8, 4) is 5.75 Å². The van der Waals surface area contributed by atoms with E-state index in [9.17, 15) is 4.79 Å². The zero-order valence-electron chi connectivity index (χ0n) is 13.3. The van der Waals surface area contributed by atoms with E-state index in [0.29, 0.717) is 0 Å². The van der Waals surface area contributed by atoms with Crippen molar-refractivity contribution in [2.45, 2.75) is 18.8 Å². The summed E-state index contributed by atoms with van der Waals surface area (Å²) in [5.41, 5.74) is 7.89. The number of benzene rings is 2. The monoisotopic (exact) mass is 308 g/mol. The molecule has 1 amide bonds. The molecule has 3 N–H and O–H groups in total. The fraction of sp³-hybridized carbons (Fsp3) is 0.211. The molecule has 23 heavy (non-hydrogen) atoms. The largest absolute Gasteiger partial charge is 0.494 e. The minimum atomic E-state index is -0.558. The first kappa shape index (κ1) is 15.2. The van der Waals surface area contributed by atoms with Crippen molar-refractivity contribution in [3.63, 3.8) is 0 Å². The summed E-state index contributed by atoms with van der Waals surface area (Å²) in [4.78, 5) is 15.0. The minimum absolute atomic E-state index is 0.208. The van der Waals surface area contributed by atoms with Gasteiger partial charge in [0.1, 0.15) is 5.75 Å². The average molecular weight is 308 g/mol. The van der Waals surface area contributed by atoms with Crippen molar-refractivity contribution >= 4 is 16.8 Å². The van der Waals surface area contributed by atoms with Gasteiger partial charge in [-0.3, -0.25) is 4.79 Å². The van der Waals surface area contributed by atoms with Crippen LogP contribution in [0.3, 0.4) is 0 Å². The van der Waals surface area contributed by atoms with Gasteiger partial charge in [-0.15, -0.1) is 0 Å². The van der Waals surface area contributed by atoms with Crippen LogP contribution in [0.25, 0.3) is 10.9 Å². The van der Waals surface area contributed by atoms with Crippen LogP contribution >= 0.6 is 0 Å².